The van der Waals surface area contributed by atoms with E-state index in [4.69, 9.17) is 0 Å². The minimum atomic E-state index is -0.287. The summed E-state index contributed by atoms with van der Waals surface area (Å²) in [6.45, 7) is 2.59. The third-order valence-electron chi connectivity index (χ3n) is 5.02. The van der Waals surface area contributed by atoms with Crippen LogP contribution in [0.5, 0.6) is 0 Å². The standard InChI is InChI=1S/C23H21N3O3S/c1-15-19(30-21(25-15)16-8-3-2-4-9-16)14-24-20(27)12-7-13-26-22(28)17-10-5-6-11-18(17)23(26)29/h2-6,8-11H,7,12-14H2,1H3,(H,24,27). The summed E-state index contributed by atoms with van der Waals surface area (Å²) < 4.78 is 0. The second kappa shape index (κ2) is 8.59. The number of imide groups is 1. The first-order valence-electron chi connectivity index (χ1n) is 9.78. The van der Waals surface area contributed by atoms with E-state index < -0.39 is 0 Å². The zero-order valence-corrected chi connectivity index (χ0v) is 17.4. The lowest BCUT2D eigenvalue weighted by molar-refractivity contribution is -0.121. The Morgan fingerprint density at radius 3 is 2.30 bits per heavy atom. The molecule has 0 saturated carbocycles. The predicted molar refractivity (Wildman–Crippen MR) is 115 cm³/mol. The van der Waals surface area contributed by atoms with Gasteiger partial charge in [-0.05, 0) is 25.5 Å². The van der Waals surface area contributed by atoms with Gasteiger partial charge in [-0.1, -0.05) is 42.5 Å². The molecule has 0 unspecified atom stereocenters. The summed E-state index contributed by atoms with van der Waals surface area (Å²) in [7, 11) is 0. The van der Waals surface area contributed by atoms with Crippen molar-refractivity contribution in [3.63, 3.8) is 0 Å². The van der Waals surface area contributed by atoms with Gasteiger partial charge in [-0.2, -0.15) is 0 Å². The maximum absolute atomic E-state index is 12.3. The first-order valence-corrected chi connectivity index (χ1v) is 10.6. The molecule has 0 bridgehead atoms. The van der Waals surface area contributed by atoms with Crippen LogP contribution in [0.1, 0.15) is 44.1 Å². The summed E-state index contributed by atoms with van der Waals surface area (Å²) in [6.07, 6.45) is 0.672. The number of carbonyl (C=O) groups excluding carboxylic acids is 3. The number of nitrogens with one attached hydrogen (secondary N) is 1. The summed E-state index contributed by atoms with van der Waals surface area (Å²) in [5.74, 6) is -0.685. The average Bonchev–Trinajstić information content (AvgIpc) is 3.26. The second-order valence-electron chi connectivity index (χ2n) is 7.08. The molecule has 2 aromatic carbocycles. The van der Waals surface area contributed by atoms with Gasteiger partial charge in [-0.25, -0.2) is 4.98 Å². The second-order valence-corrected chi connectivity index (χ2v) is 8.17. The average molecular weight is 420 g/mol. The van der Waals surface area contributed by atoms with Gasteiger partial charge in [0.2, 0.25) is 5.91 Å². The van der Waals surface area contributed by atoms with Gasteiger partial charge in [0.1, 0.15) is 5.01 Å². The zero-order chi connectivity index (χ0) is 21.1. The lowest BCUT2D eigenvalue weighted by atomic mass is 10.1. The molecule has 1 aliphatic rings. The Bertz CT molecular complexity index is 1070. The van der Waals surface area contributed by atoms with Crippen LogP contribution < -0.4 is 5.32 Å². The highest BCUT2D eigenvalue weighted by Gasteiger charge is 2.34. The molecule has 6 nitrogen and oxygen atoms in total. The number of benzene rings is 2. The van der Waals surface area contributed by atoms with Crippen molar-refractivity contribution < 1.29 is 14.4 Å². The summed E-state index contributed by atoms with van der Waals surface area (Å²) in [5.41, 5.74) is 2.83. The van der Waals surface area contributed by atoms with Crippen LogP contribution >= 0.6 is 11.3 Å². The number of hydrogen-bond donors (Lipinski definition) is 1. The number of carbonyl (C=O) groups is 3. The number of fused-ring (bicyclic) bond motifs is 1. The summed E-state index contributed by atoms with van der Waals surface area (Å²) >= 11 is 1.57. The Morgan fingerprint density at radius 2 is 1.63 bits per heavy atom. The van der Waals surface area contributed by atoms with Gasteiger partial charge in [0.05, 0.1) is 23.4 Å². The van der Waals surface area contributed by atoms with Gasteiger partial charge >= 0.3 is 0 Å². The molecule has 0 fully saturated rings. The maximum Gasteiger partial charge on any atom is 0.261 e. The van der Waals surface area contributed by atoms with Crippen LogP contribution in [0, 0.1) is 6.92 Å². The molecule has 0 atom stereocenters. The highest BCUT2D eigenvalue weighted by molar-refractivity contribution is 7.15. The van der Waals surface area contributed by atoms with Crippen molar-refractivity contribution in [1.29, 1.82) is 0 Å². The topological polar surface area (TPSA) is 79.4 Å². The van der Waals surface area contributed by atoms with Crippen LogP contribution in [-0.4, -0.2) is 34.2 Å². The molecule has 1 aromatic heterocycles. The van der Waals surface area contributed by atoms with E-state index in [-0.39, 0.29) is 30.7 Å². The summed E-state index contributed by atoms with van der Waals surface area (Å²) in [4.78, 5) is 43.8. The molecule has 0 saturated heterocycles. The molecule has 0 radical (unpaired) electrons. The van der Waals surface area contributed by atoms with Crippen molar-refractivity contribution in [2.24, 2.45) is 0 Å². The number of rotatable bonds is 7. The summed E-state index contributed by atoms with van der Waals surface area (Å²) in [5, 5.41) is 3.85. The van der Waals surface area contributed by atoms with E-state index in [1.807, 2.05) is 37.3 Å². The van der Waals surface area contributed by atoms with Gasteiger partial charge in [-0.3, -0.25) is 19.3 Å². The molecule has 0 aliphatic carbocycles. The van der Waals surface area contributed by atoms with Crippen LogP contribution in [0.2, 0.25) is 0 Å². The molecule has 152 valence electrons. The molecule has 4 rings (SSSR count). The van der Waals surface area contributed by atoms with Crippen LogP contribution in [0.15, 0.2) is 54.6 Å². The van der Waals surface area contributed by atoms with Crippen LogP contribution in [0.25, 0.3) is 10.6 Å². The number of aryl methyl sites for hydroxylation is 1. The van der Waals surface area contributed by atoms with Crippen molar-refractivity contribution in [2.45, 2.75) is 26.3 Å². The minimum Gasteiger partial charge on any atom is -0.351 e. The van der Waals surface area contributed by atoms with E-state index in [9.17, 15) is 14.4 Å². The fourth-order valence-corrected chi connectivity index (χ4v) is 4.41. The van der Waals surface area contributed by atoms with E-state index in [0.29, 0.717) is 24.1 Å². The minimum absolute atomic E-state index is 0.110. The van der Waals surface area contributed by atoms with Crippen molar-refractivity contribution >= 4 is 29.1 Å². The van der Waals surface area contributed by atoms with E-state index in [1.165, 1.54) is 4.90 Å². The van der Waals surface area contributed by atoms with Crippen molar-refractivity contribution in [3.8, 4) is 10.6 Å². The zero-order valence-electron chi connectivity index (χ0n) is 16.6. The van der Waals surface area contributed by atoms with Gasteiger partial charge in [0, 0.05) is 23.4 Å². The number of thiazole rings is 1. The number of nitrogens with zero attached hydrogens (tertiary/aromatic N) is 2. The maximum atomic E-state index is 12.3. The van der Waals surface area contributed by atoms with E-state index in [2.05, 4.69) is 10.3 Å². The Balaban J connectivity index is 1.27. The van der Waals surface area contributed by atoms with Gasteiger partial charge < -0.3 is 5.32 Å². The lowest BCUT2D eigenvalue weighted by Gasteiger charge is -2.13. The fourth-order valence-electron chi connectivity index (χ4n) is 3.40. The fraction of sp³-hybridized carbons (Fsp3) is 0.217. The largest absolute Gasteiger partial charge is 0.351 e. The highest BCUT2D eigenvalue weighted by atomic mass is 32.1. The Morgan fingerprint density at radius 1 is 1.00 bits per heavy atom. The highest BCUT2D eigenvalue weighted by Crippen LogP contribution is 2.27. The first kappa shape index (κ1) is 20.0. The molecule has 2 heterocycles. The van der Waals surface area contributed by atoms with Crippen LogP contribution in [0.3, 0.4) is 0 Å². The van der Waals surface area contributed by atoms with Crippen molar-refractivity contribution in [2.75, 3.05) is 6.54 Å². The quantitative estimate of drug-likeness (QED) is 0.591. The molecule has 1 aliphatic heterocycles. The molecular formula is C23H21N3O3S. The smallest absolute Gasteiger partial charge is 0.261 e. The predicted octanol–water partition coefficient (Wildman–Crippen LogP) is 3.81. The first-order chi connectivity index (χ1) is 14.5. The number of hydrogen-bond acceptors (Lipinski definition) is 5. The van der Waals surface area contributed by atoms with Gasteiger partial charge in [-0.15, -0.1) is 11.3 Å². The Kier molecular flexibility index (Phi) is 5.72. The molecule has 1 N–H and O–H groups in total. The Labute approximate surface area is 178 Å². The normalized spacial score (nSPS) is 12.9. The summed E-state index contributed by atoms with van der Waals surface area (Å²) in [6, 6.07) is 16.7. The molecule has 3 aromatic rings. The van der Waals surface area contributed by atoms with Crippen molar-refractivity contribution in [1.82, 2.24) is 15.2 Å². The third kappa shape index (κ3) is 4.02. The van der Waals surface area contributed by atoms with Gasteiger partial charge in [0.15, 0.2) is 0 Å². The van der Waals surface area contributed by atoms with E-state index in [0.717, 1.165) is 21.1 Å². The molecule has 0 spiro atoms. The van der Waals surface area contributed by atoms with Crippen LogP contribution in [-0.2, 0) is 11.3 Å². The molecular weight excluding hydrogens is 398 g/mol. The number of amides is 3. The van der Waals surface area contributed by atoms with E-state index >= 15 is 0 Å². The third-order valence-corrected chi connectivity index (χ3v) is 6.23. The van der Waals surface area contributed by atoms with Crippen molar-refractivity contribution in [3.05, 3.63) is 76.3 Å². The molecule has 7 heteroatoms. The van der Waals surface area contributed by atoms with Crippen LogP contribution in [0.4, 0.5) is 0 Å². The number of aromatic nitrogens is 1. The van der Waals surface area contributed by atoms with E-state index in [1.54, 1.807) is 35.6 Å². The molecule has 3 amide bonds. The lowest BCUT2D eigenvalue weighted by Crippen LogP contribution is -2.32. The SMILES string of the molecule is Cc1nc(-c2ccccc2)sc1CNC(=O)CCCN1C(=O)c2ccccc2C1=O. The monoisotopic (exact) mass is 419 g/mol. The van der Waals surface area contributed by atoms with Gasteiger partial charge in [0.25, 0.3) is 11.8 Å². The Hall–Kier alpha value is -3.32. The molecule has 30 heavy (non-hydrogen) atoms.